The zero-order chi connectivity index (χ0) is 15.5. The summed E-state index contributed by atoms with van der Waals surface area (Å²) in [6.07, 6.45) is -0.0177. The van der Waals surface area contributed by atoms with Gasteiger partial charge in [0.1, 0.15) is 11.6 Å². The van der Waals surface area contributed by atoms with Gasteiger partial charge in [0.15, 0.2) is 9.84 Å². The lowest BCUT2D eigenvalue weighted by Gasteiger charge is -2.23. The minimum atomic E-state index is -3.11. The van der Waals surface area contributed by atoms with E-state index < -0.39 is 33.4 Å². The van der Waals surface area contributed by atoms with E-state index in [0.717, 1.165) is 18.2 Å². The summed E-state index contributed by atoms with van der Waals surface area (Å²) in [4.78, 5) is 11.7. The molecule has 0 aliphatic carbocycles. The van der Waals surface area contributed by atoms with E-state index in [1.54, 1.807) is 0 Å². The maximum Gasteiger partial charge on any atom is 0.221 e. The third-order valence-electron chi connectivity index (χ3n) is 3.22. The van der Waals surface area contributed by atoms with Crippen LogP contribution in [0, 0.1) is 11.6 Å². The number of carbonyl (C=O) groups excluding carboxylic acids is 1. The summed E-state index contributed by atoms with van der Waals surface area (Å²) in [5.41, 5.74) is 0.0487. The predicted octanol–water partition coefficient (Wildman–Crippen LogP) is 0.358. The van der Waals surface area contributed by atoms with E-state index in [-0.39, 0.29) is 30.0 Å². The average Bonchev–Trinajstić information content (AvgIpc) is 2.38. The maximum absolute atomic E-state index is 13.4. The second kappa shape index (κ2) is 6.48. The zero-order valence-electron chi connectivity index (χ0n) is 11.2. The molecule has 1 atom stereocenters. The highest BCUT2D eigenvalue weighted by Gasteiger charge is 2.25. The van der Waals surface area contributed by atoms with Crippen LogP contribution in [0.3, 0.4) is 0 Å². The Bertz CT molecular complexity index is 634. The van der Waals surface area contributed by atoms with Crippen LogP contribution in [0.4, 0.5) is 8.78 Å². The van der Waals surface area contributed by atoms with Crippen LogP contribution >= 0.6 is 0 Å². The van der Waals surface area contributed by atoms with Crippen LogP contribution in [0.25, 0.3) is 0 Å². The standard InChI is InChI=1S/C13H16F2N2O3S/c14-10-1-2-12(15)9(5-10)7-17-13(18)6-11-8-21(19,20)4-3-16-11/h1-2,5,11,16H,3-4,6-8H2,(H,17,18). The first-order chi connectivity index (χ1) is 9.85. The minimum absolute atomic E-state index is 0.0177. The minimum Gasteiger partial charge on any atom is -0.352 e. The summed E-state index contributed by atoms with van der Waals surface area (Å²) in [6, 6.07) is 2.56. The van der Waals surface area contributed by atoms with Crippen LogP contribution < -0.4 is 10.6 Å². The summed E-state index contributed by atoms with van der Waals surface area (Å²) in [6.45, 7) is 0.181. The molecule has 116 valence electrons. The van der Waals surface area contributed by atoms with Crippen molar-refractivity contribution < 1.29 is 22.0 Å². The molecule has 1 aromatic rings. The number of hydrogen-bond acceptors (Lipinski definition) is 4. The molecule has 0 saturated carbocycles. The van der Waals surface area contributed by atoms with Gasteiger partial charge in [0.2, 0.25) is 5.91 Å². The van der Waals surface area contributed by atoms with Gasteiger partial charge >= 0.3 is 0 Å². The van der Waals surface area contributed by atoms with Crippen molar-refractivity contribution >= 4 is 15.7 Å². The number of nitrogens with one attached hydrogen (secondary N) is 2. The van der Waals surface area contributed by atoms with E-state index in [4.69, 9.17) is 0 Å². The van der Waals surface area contributed by atoms with E-state index in [0.29, 0.717) is 6.54 Å². The predicted molar refractivity (Wildman–Crippen MR) is 73.3 cm³/mol. The summed E-state index contributed by atoms with van der Waals surface area (Å²) in [5, 5.41) is 5.41. The molecule has 1 heterocycles. The molecule has 5 nitrogen and oxygen atoms in total. The summed E-state index contributed by atoms with van der Waals surface area (Å²) in [7, 11) is -3.11. The lowest BCUT2D eigenvalue weighted by Crippen LogP contribution is -2.47. The first kappa shape index (κ1) is 15.8. The molecule has 1 unspecified atom stereocenters. The monoisotopic (exact) mass is 318 g/mol. The number of rotatable bonds is 4. The van der Waals surface area contributed by atoms with E-state index in [2.05, 4.69) is 10.6 Å². The molecule has 1 saturated heterocycles. The van der Waals surface area contributed by atoms with Crippen molar-refractivity contribution in [2.45, 2.75) is 19.0 Å². The highest BCUT2D eigenvalue weighted by Crippen LogP contribution is 2.10. The Hall–Kier alpha value is -1.54. The Labute approximate surface area is 121 Å². The third kappa shape index (κ3) is 4.75. The SMILES string of the molecule is O=C(CC1CS(=O)(=O)CCN1)NCc1cc(F)ccc1F. The molecule has 1 amide bonds. The summed E-state index contributed by atoms with van der Waals surface area (Å²) >= 11 is 0. The van der Waals surface area contributed by atoms with Crippen molar-refractivity contribution in [2.24, 2.45) is 0 Å². The molecule has 0 spiro atoms. The molecule has 8 heteroatoms. The molecule has 1 aliphatic heterocycles. The van der Waals surface area contributed by atoms with Gasteiger partial charge in [-0.3, -0.25) is 4.79 Å². The Morgan fingerprint density at radius 2 is 2.14 bits per heavy atom. The first-order valence-electron chi connectivity index (χ1n) is 6.50. The van der Waals surface area contributed by atoms with Gasteiger partial charge in [-0.1, -0.05) is 0 Å². The summed E-state index contributed by atoms with van der Waals surface area (Å²) < 4.78 is 49.2. The molecule has 1 fully saturated rings. The van der Waals surface area contributed by atoms with Crippen molar-refractivity contribution in [1.29, 1.82) is 0 Å². The summed E-state index contributed by atoms with van der Waals surface area (Å²) in [5.74, 6) is -1.61. The Morgan fingerprint density at radius 1 is 1.38 bits per heavy atom. The number of benzene rings is 1. The lowest BCUT2D eigenvalue weighted by molar-refractivity contribution is -0.121. The first-order valence-corrected chi connectivity index (χ1v) is 8.32. The topological polar surface area (TPSA) is 75.3 Å². The van der Waals surface area contributed by atoms with Crippen molar-refractivity contribution in [2.75, 3.05) is 18.1 Å². The highest BCUT2D eigenvalue weighted by molar-refractivity contribution is 7.91. The fraction of sp³-hybridized carbons (Fsp3) is 0.462. The van der Waals surface area contributed by atoms with Gasteiger partial charge in [0.05, 0.1) is 11.5 Å². The fourth-order valence-electron chi connectivity index (χ4n) is 2.17. The van der Waals surface area contributed by atoms with Gasteiger partial charge in [0, 0.05) is 31.1 Å². The van der Waals surface area contributed by atoms with Crippen LogP contribution in [0.1, 0.15) is 12.0 Å². The molecule has 2 N–H and O–H groups in total. The number of carbonyl (C=O) groups is 1. The molecule has 2 rings (SSSR count). The molecule has 21 heavy (non-hydrogen) atoms. The molecule has 1 aliphatic rings. The van der Waals surface area contributed by atoms with Gasteiger partial charge in [-0.05, 0) is 18.2 Å². The highest BCUT2D eigenvalue weighted by atomic mass is 32.2. The number of amides is 1. The van der Waals surface area contributed by atoms with Crippen molar-refractivity contribution in [1.82, 2.24) is 10.6 Å². The molecule has 0 bridgehead atoms. The Morgan fingerprint density at radius 3 is 2.86 bits per heavy atom. The van der Waals surface area contributed by atoms with Crippen LogP contribution in [0.2, 0.25) is 0 Å². The second-order valence-electron chi connectivity index (χ2n) is 4.98. The average molecular weight is 318 g/mol. The smallest absolute Gasteiger partial charge is 0.221 e. The quantitative estimate of drug-likeness (QED) is 0.840. The van der Waals surface area contributed by atoms with Crippen molar-refractivity contribution in [3.63, 3.8) is 0 Å². The number of sulfone groups is 1. The zero-order valence-corrected chi connectivity index (χ0v) is 12.1. The van der Waals surface area contributed by atoms with Gasteiger partial charge < -0.3 is 10.6 Å². The van der Waals surface area contributed by atoms with E-state index in [1.165, 1.54) is 0 Å². The number of hydrogen-bond donors (Lipinski definition) is 2. The van der Waals surface area contributed by atoms with E-state index in [9.17, 15) is 22.0 Å². The van der Waals surface area contributed by atoms with Crippen LogP contribution in [0.15, 0.2) is 18.2 Å². The van der Waals surface area contributed by atoms with Crippen LogP contribution in [-0.2, 0) is 21.2 Å². The Balaban J connectivity index is 1.86. The van der Waals surface area contributed by atoms with Crippen molar-refractivity contribution in [3.8, 4) is 0 Å². The van der Waals surface area contributed by atoms with Crippen LogP contribution in [0.5, 0.6) is 0 Å². The largest absolute Gasteiger partial charge is 0.352 e. The molecular formula is C13H16F2N2O3S. The molecule has 1 aromatic carbocycles. The fourth-order valence-corrected chi connectivity index (χ4v) is 3.61. The van der Waals surface area contributed by atoms with E-state index in [1.807, 2.05) is 0 Å². The van der Waals surface area contributed by atoms with Gasteiger partial charge in [-0.2, -0.15) is 0 Å². The van der Waals surface area contributed by atoms with Gasteiger partial charge in [-0.25, -0.2) is 17.2 Å². The molecule has 0 radical (unpaired) electrons. The van der Waals surface area contributed by atoms with Gasteiger partial charge in [0.25, 0.3) is 0 Å². The molecule has 0 aromatic heterocycles. The van der Waals surface area contributed by atoms with Crippen LogP contribution in [-0.4, -0.2) is 38.4 Å². The van der Waals surface area contributed by atoms with E-state index >= 15 is 0 Å². The second-order valence-corrected chi connectivity index (χ2v) is 7.21. The Kier molecular flexibility index (Phi) is 4.89. The third-order valence-corrected chi connectivity index (χ3v) is 4.95. The van der Waals surface area contributed by atoms with Gasteiger partial charge in [-0.15, -0.1) is 0 Å². The lowest BCUT2D eigenvalue weighted by atomic mass is 10.2. The van der Waals surface area contributed by atoms with Crippen molar-refractivity contribution in [3.05, 3.63) is 35.4 Å². The maximum atomic E-state index is 13.4. The normalized spacial score (nSPS) is 21.0. The number of halogens is 2. The molecular weight excluding hydrogens is 302 g/mol.